The number of aromatic nitrogens is 5. The van der Waals surface area contributed by atoms with E-state index < -0.39 is 0 Å². The first-order valence-electron chi connectivity index (χ1n) is 9.09. The first-order valence-corrected chi connectivity index (χ1v) is 9.09. The molecule has 0 bridgehead atoms. The molecule has 136 valence electrons. The van der Waals surface area contributed by atoms with Gasteiger partial charge in [0, 0.05) is 37.4 Å². The summed E-state index contributed by atoms with van der Waals surface area (Å²) < 4.78 is 7.82. The van der Waals surface area contributed by atoms with Crippen LogP contribution in [-0.2, 0) is 11.3 Å². The van der Waals surface area contributed by atoms with Gasteiger partial charge in [-0.05, 0) is 31.4 Å². The molecular weight excluding hydrogens is 328 g/mol. The highest BCUT2D eigenvalue weighted by molar-refractivity contribution is 5.38. The van der Waals surface area contributed by atoms with E-state index in [1.807, 2.05) is 35.4 Å². The lowest BCUT2D eigenvalue weighted by atomic mass is 9.91. The van der Waals surface area contributed by atoms with Gasteiger partial charge in [-0.2, -0.15) is 5.10 Å². The number of nitrogens with zero attached hydrogens (tertiary/aromatic N) is 4. The van der Waals surface area contributed by atoms with Crippen LogP contribution in [0, 0.1) is 12.8 Å². The molecule has 1 aliphatic heterocycles. The van der Waals surface area contributed by atoms with E-state index >= 15 is 0 Å². The minimum absolute atomic E-state index is 0.109. The summed E-state index contributed by atoms with van der Waals surface area (Å²) in [5, 5.41) is 19.0. The fourth-order valence-corrected chi connectivity index (χ4v) is 3.54. The van der Waals surface area contributed by atoms with Crippen molar-refractivity contribution in [3.8, 4) is 5.69 Å². The maximum Gasteiger partial charge on any atom is 0.0969 e. The van der Waals surface area contributed by atoms with E-state index in [9.17, 15) is 0 Å². The molecule has 0 spiro atoms. The summed E-state index contributed by atoms with van der Waals surface area (Å²) in [6, 6.07) is 8.17. The molecule has 7 heteroatoms. The fraction of sp³-hybridized carbons (Fsp3) is 0.421. The quantitative estimate of drug-likeness (QED) is 0.713. The van der Waals surface area contributed by atoms with Gasteiger partial charge in [-0.25, -0.2) is 4.68 Å². The topological polar surface area (TPSA) is 80.6 Å². The monoisotopic (exact) mass is 352 g/mol. The van der Waals surface area contributed by atoms with Gasteiger partial charge in [0.25, 0.3) is 0 Å². The van der Waals surface area contributed by atoms with E-state index in [4.69, 9.17) is 4.74 Å². The predicted molar refractivity (Wildman–Crippen MR) is 97.8 cm³/mol. The Labute approximate surface area is 152 Å². The second kappa shape index (κ2) is 7.80. The molecule has 2 aromatic heterocycles. The number of benzene rings is 1. The molecule has 0 radical (unpaired) electrons. The molecule has 1 aliphatic rings. The number of ether oxygens (including phenoxy) is 1. The van der Waals surface area contributed by atoms with E-state index in [2.05, 4.69) is 44.9 Å². The number of aromatic amines is 1. The Kier molecular flexibility index (Phi) is 5.08. The SMILES string of the molecule is Cc1ccccc1-n1cc(CNC[C@@H]2CCCO[C@H]2c2cn[nH]c2)nn1. The summed E-state index contributed by atoms with van der Waals surface area (Å²) in [5.74, 6) is 0.438. The van der Waals surface area contributed by atoms with Gasteiger partial charge < -0.3 is 10.1 Å². The molecule has 7 nitrogen and oxygen atoms in total. The summed E-state index contributed by atoms with van der Waals surface area (Å²) >= 11 is 0. The van der Waals surface area contributed by atoms with Crippen molar-refractivity contribution in [3.05, 3.63) is 59.7 Å². The minimum atomic E-state index is 0.109. The van der Waals surface area contributed by atoms with Crippen molar-refractivity contribution in [2.45, 2.75) is 32.4 Å². The van der Waals surface area contributed by atoms with E-state index in [1.165, 1.54) is 5.56 Å². The van der Waals surface area contributed by atoms with Crippen molar-refractivity contribution in [2.75, 3.05) is 13.2 Å². The Morgan fingerprint density at radius 3 is 3.12 bits per heavy atom. The smallest absolute Gasteiger partial charge is 0.0969 e. The van der Waals surface area contributed by atoms with Gasteiger partial charge in [-0.3, -0.25) is 5.10 Å². The summed E-state index contributed by atoms with van der Waals surface area (Å²) in [6.07, 6.45) is 8.13. The maximum atomic E-state index is 5.98. The van der Waals surface area contributed by atoms with Crippen LogP contribution in [0.3, 0.4) is 0 Å². The first kappa shape index (κ1) is 16.9. The Balaban J connectivity index is 1.35. The molecule has 1 saturated heterocycles. The molecular formula is C19H24N6O. The zero-order valence-electron chi connectivity index (χ0n) is 14.9. The molecule has 2 N–H and O–H groups in total. The molecule has 3 heterocycles. The number of hydrogen-bond donors (Lipinski definition) is 2. The number of aryl methyl sites for hydroxylation is 1. The molecule has 26 heavy (non-hydrogen) atoms. The van der Waals surface area contributed by atoms with Crippen molar-refractivity contribution in [3.63, 3.8) is 0 Å². The lowest BCUT2D eigenvalue weighted by Crippen LogP contribution is -2.31. The standard InChI is InChI=1S/C19H24N6O/c1-14-5-2-3-7-18(14)25-13-17(23-24-25)12-20-9-15-6-4-8-26-19(15)16-10-21-22-11-16/h2-3,5,7,10-11,13,15,19-20H,4,6,8-9,12H2,1H3,(H,21,22)/t15-,19+/m0/s1. The Bertz CT molecular complexity index is 828. The normalized spacial score (nSPS) is 20.3. The van der Waals surface area contributed by atoms with Crippen molar-refractivity contribution < 1.29 is 4.74 Å². The number of rotatable bonds is 6. The molecule has 4 rings (SSSR count). The number of H-pyrrole nitrogens is 1. The third kappa shape index (κ3) is 3.68. The average molecular weight is 352 g/mol. The predicted octanol–water partition coefficient (Wildman–Crippen LogP) is 2.56. The van der Waals surface area contributed by atoms with Crippen LogP contribution in [0.25, 0.3) is 5.69 Å². The first-order chi connectivity index (χ1) is 12.8. The third-order valence-corrected chi connectivity index (χ3v) is 4.91. The number of para-hydroxylation sites is 1. The van der Waals surface area contributed by atoms with Gasteiger partial charge in [0.05, 0.1) is 29.9 Å². The summed E-state index contributed by atoms with van der Waals surface area (Å²) in [6.45, 7) is 4.47. The fourth-order valence-electron chi connectivity index (χ4n) is 3.54. The van der Waals surface area contributed by atoms with Gasteiger partial charge in [-0.1, -0.05) is 23.4 Å². The van der Waals surface area contributed by atoms with Crippen LogP contribution < -0.4 is 5.32 Å². The highest BCUT2D eigenvalue weighted by atomic mass is 16.5. The molecule has 0 unspecified atom stereocenters. The van der Waals surface area contributed by atoms with Crippen LogP contribution >= 0.6 is 0 Å². The minimum Gasteiger partial charge on any atom is -0.373 e. The van der Waals surface area contributed by atoms with E-state index in [-0.39, 0.29) is 6.10 Å². The van der Waals surface area contributed by atoms with Crippen LogP contribution in [0.15, 0.2) is 42.9 Å². The Morgan fingerprint density at radius 2 is 2.27 bits per heavy atom. The van der Waals surface area contributed by atoms with Crippen LogP contribution in [0.2, 0.25) is 0 Å². The summed E-state index contributed by atoms with van der Waals surface area (Å²) in [5.41, 5.74) is 4.30. The van der Waals surface area contributed by atoms with Gasteiger partial charge in [0.2, 0.25) is 0 Å². The molecule has 0 amide bonds. The van der Waals surface area contributed by atoms with E-state index in [0.717, 1.165) is 42.9 Å². The summed E-state index contributed by atoms with van der Waals surface area (Å²) in [4.78, 5) is 0. The highest BCUT2D eigenvalue weighted by Crippen LogP contribution is 2.32. The molecule has 3 aromatic rings. The van der Waals surface area contributed by atoms with Gasteiger partial charge in [0.1, 0.15) is 0 Å². The van der Waals surface area contributed by atoms with Crippen molar-refractivity contribution in [1.29, 1.82) is 0 Å². The maximum absolute atomic E-state index is 5.98. The lowest BCUT2D eigenvalue weighted by molar-refractivity contribution is -0.0278. The summed E-state index contributed by atoms with van der Waals surface area (Å²) in [7, 11) is 0. The van der Waals surface area contributed by atoms with Crippen molar-refractivity contribution >= 4 is 0 Å². The van der Waals surface area contributed by atoms with Crippen molar-refractivity contribution in [2.24, 2.45) is 5.92 Å². The molecule has 1 aromatic carbocycles. The molecule has 1 fully saturated rings. The van der Waals surface area contributed by atoms with Crippen LogP contribution in [0.4, 0.5) is 0 Å². The second-order valence-corrected chi connectivity index (χ2v) is 6.80. The number of nitrogens with one attached hydrogen (secondary N) is 2. The van der Waals surface area contributed by atoms with Crippen molar-refractivity contribution in [1.82, 2.24) is 30.5 Å². The van der Waals surface area contributed by atoms with Gasteiger partial charge in [-0.15, -0.1) is 5.10 Å². The zero-order valence-corrected chi connectivity index (χ0v) is 14.9. The second-order valence-electron chi connectivity index (χ2n) is 6.80. The van der Waals surface area contributed by atoms with Crippen LogP contribution in [0.1, 0.15) is 35.8 Å². The number of hydrogen-bond acceptors (Lipinski definition) is 5. The lowest BCUT2D eigenvalue weighted by Gasteiger charge is -2.31. The molecule has 0 saturated carbocycles. The van der Waals surface area contributed by atoms with Gasteiger partial charge in [0.15, 0.2) is 0 Å². The van der Waals surface area contributed by atoms with Crippen LogP contribution in [0.5, 0.6) is 0 Å². The molecule has 0 aliphatic carbocycles. The van der Waals surface area contributed by atoms with Crippen LogP contribution in [-0.4, -0.2) is 38.3 Å². The van der Waals surface area contributed by atoms with E-state index in [1.54, 1.807) is 0 Å². The molecule has 2 atom stereocenters. The van der Waals surface area contributed by atoms with E-state index in [0.29, 0.717) is 12.5 Å². The van der Waals surface area contributed by atoms with Gasteiger partial charge >= 0.3 is 0 Å². The highest BCUT2D eigenvalue weighted by Gasteiger charge is 2.27. The third-order valence-electron chi connectivity index (χ3n) is 4.91. The Hall–Kier alpha value is -2.51. The average Bonchev–Trinajstić information content (AvgIpc) is 3.35. The zero-order chi connectivity index (χ0) is 17.8. The largest absolute Gasteiger partial charge is 0.373 e. The Morgan fingerprint density at radius 1 is 1.35 bits per heavy atom.